The standard InChI is InChI=1S/C26H41N3O7/c1-18(2)16-21(29-25(33)36-26(3,4)5)22(30)28-20(23(31)34-6)14-10-11-15-27-24(32)35-17-19-12-8-7-9-13-19/h7-9,12-13,18,20-21H,10-11,14-17H2,1-6H3,(H,27,32)(H,28,30)(H,29,33)/t20-,21-/m0/s1. The minimum atomic E-state index is -0.886. The second-order valence-electron chi connectivity index (χ2n) is 9.90. The van der Waals surface area contributed by atoms with Crippen molar-refractivity contribution in [1.82, 2.24) is 16.0 Å². The number of ether oxygens (including phenoxy) is 3. The van der Waals surface area contributed by atoms with Crippen LogP contribution in [-0.4, -0.2) is 55.4 Å². The van der Waals surface area contributed by atoms with E-state index in [0.29, 0.717) is 32.2 Å². The molecule has 3 amide bonds. The van der Waals surface area contributed by atoms with E-state index in [1.165, 1.54) is 7.11 Å². The molecule has 1 aromatic rings. The molecule has 0 aliphatic heterocycles. The van der Waals surface area contributed by atoms with Gasteiger partial charge in [-0.05, 0) is 57.9 Å². The third-order valence-electron chi connectivity index (χ3n) is 4.92. The predicted octanol–water partition coefficient (Wildman–Crippen LogP) is 3.68. The van der Waals surface area contributed by atoms with Gasteiger partial charge in [0, 0.05) is 6.54 Å². The first-order valence-electron chi connectivity index (χ1n) is 12.2. The van der Waals surface area contributed by atoms with Crippen molar-refractivity contribution in [2.45, 2.75) is 84.6 Å². The summed E-state index contributed by atoms with van der Waals surface area (Å²) in [5.41, 5.74) is 0.181. The number of esters is 1. The Kier molecular flexibility index (Phi) is 13.4. The Bertz CT molecular complexity index is 838. The van der Waals surface area contributed by atoms with Gasteiger partial charge in [0.15, 0.2) is 0 Å². The fourth-order valence-corrected chi connectivity index (χ4v) is 3.25. The summed E-state index contributed by atoms with van der Waals surface area (Å²) >= 11 is 0. The van der Waals surface area contributed by atoms with Gasteiger partial charge in [-0.15, -0.1) is 0 Å². The van der Waals surface area contributed by atoms with Crippen LogP contribution < -0.4 is 16.0 Å². The van der Waals surface area contributed by atoms with Gasteiger partial charge in [-0.1, -0.05) is 44.2 Å². The van der Waals surface area contributed by atoms with Crippen molar-refractivity contribution in [3.8, 4) is 0 Å². The summed E-state index contributed by atoms with van der Waals surface area (Å²) in [6.07, 6.45) is 0.543. The molecule has 0 radical (unpaired) electrons. The highest BCUT2D eigenvalue weighted by Crippen LogP contribution is 2.11. The molecule has 0 aromatic heterocycles. The molecule has 3 N–H and O–H groups in total. The zero-order valence-electron chi connectivity index (χ0n) is 22.2. The van der Waals surface area contributed by atoms with Gasteiger partial charge in [0.05, 0.1) is 7.11 Å². The molecule has 0 aliphatic carbocycles. The molecular weight excluding hydrogens is 466 g/mol. The number of unbranched alkanes of at least 4 members (excludes halogenated alkanes) is 1. The molecule has 202 valence electrons. The van der Waals surface area contributed by atoms with E-state index in [-0.39, 0.29) is 12.5 Å². The highest BCUT2D eigenvalue weighted by atomic mass is 16.6. The lowest BCUT2D eigenvalue weighted by atomic mass is 10.0. The van der Waals surface area contributed by atoms with E-state index in [4.69, 9.17) is 14.2 Å². The fraction of sp³-hybridized carbons (Fsp3) is 0.615. The number of alkyl carbamates (subject to hydrolysis) is 2. The zero-order valence-corrected chi connectivity index (χ0v) is 22.2. The Morgan fingerprint density at radius 3 is 2.17 bits per heavy atom. The van der Waals surface area contributed by atoms with E-state index < -0.39 is 41.7 Å². The minimum Gasteiger partial charge on any atom is -0.467 e. The van der Waals surface area contributed by atoms with E-state index in [9.17, 15) is 19.2 Å². The maximum atomic E-state index is 12.9. The van der Waals surface area contributed by atoms with Gasteiger partial charge in [0.25, 0.3) is 0 Å². The maximum Gasteiger partial charge on any atom is 0.408 e. The smallest absolute Gasteiger partial charge is 0.408 e. The van der Waals surface area contributed by atoms with Gasteiger partial charge in [-0.25, -0.2) is 14.4 Å². The average molecular weight is 508 g/mol. The molecule has 0 unspecified atom stereocenters. The summed E-state index contributed by atoms with van der Waals surface area (Å²) in [4.78, 5) is 49.2. The predicted molar refractivity (Wildman–Crippen MR) is 135 cm³/mol. The van der Waals surface area contributed by atoms with Crippen molar-refractivity contribution in [2.24, 2.45) is 5.92 Å². The number of rotatable bonds is 13. The molecular formula is C26H41N3O7. The van der Waals surface area contributed by atoms with E-state index >= 15 is 0 Å². The number of carbonyl (C=O) groups excluding carboxylic acids is 4. The van der Waals surface area contributed by atoms with Gasteiger partial charge < -0.3 is 30.2 Å². The van der Waals surface area contributed by atoms with Gasteiger partial charge in [-0.3, -0.25) is 4.79 Å². The van der Waals surface area contributed by atoms with Gasteiger partial charge in [0.2, 0.25) is 5.91 Å². The number of hydrogen-bond donors (Lipinski definition) is 3. The molecule has 0 saturated heterocycles. The summed E-state index contributed by atoms with van der Waals surface area (Å²) in [5.74, 6) is -0.966. The molecule has 10 nitrogen and oxygen atoms in total. The molecule has 0 saturated carbocycles. The van der Waals surface area contributed by atoms with Gasteiger partial charge in [-0.2, -0.15) is 0 Å². The second-order valence-corrected chi connectivity index (χ2v) is 9.90. The molecule has 1 rings (SSSR count). The molecule has 0 spiro atoms. The van der Waals surface area contributed by atoms with Crippen molar-refractivity contribution in [1.29, 1.82) is 0 Å². The van der Waals surface area contributed by atoms with Crippen LogP contribution in [0.4, 0.5) is 9.59 Å². The van der Waals surface area contributed by atoms with Crippen molar-refractivity contribution in [2.75, 3.05) is 13.7 Å². The summed E-state index contributed by atoms with van der Waals surface area (Å²) in [6, 6.07) is 7.59. The van der Waals surface area contributed by atoms with Crippen molar-refractivity contribution < 1.29 is 33.4 Å². The zero-order chi connectivity index (χ0) is 27.1. The van der Waals surface area contributed by atoms with Crippen molar-refractivity contribution >= 4 is 24.1 Å². The molecule has 0 aliphatic rings. The lowest BCUT2D eigenvalue weighted by molar-refractivity contribution is -0.145. The molecule has 1 aromatic carbocycles. The number of methoxy groups -OCH3 is 1. The normalized spacial score (nSPS) is 12.8. The topological polar surface area (TPSA) is 132 Å². The quantitative estimate of drug-likeness (QED) is 0.211. The van der Waals surface area contributed by atoms with Crippen LogP contribution in [0.5, 0.6) is 0 Å². The molecule has 36 heavy (non-hydrogen) atoms. The number of hydrogen-bond acceptors (Lipinski definition) is 7. The fourth-order valence-electron chi connectivity index (χ4n) is 3.25. The Labute approximate surface area is 213 Å². The Hall–Kier alpha value is -3.30. The summed E-state index contributed by atoms with van der Waals surface area (Å²) in [5, 5.41) is 7.94. The number of amides is 3. The van der Waals surface area contributed by atoms with E-state index in [1.54, 1.807) is 20.8 Å². The van der Waals surface area contributed by atoms with Crippen LogP contribution in [0.2, 0.25) is 0 Å². The molecule has 0 heterocycles. The summed E-state index contributed by atoms with van der Waals surface area (Å²) < 4.78 is 15.3. The Morgan fingerprint density at radius 1 is 0.917 bits per heavy atom. The maximum absolute atomic E-state index is 12.9. The van der Waals surface area contributed by atoms with Gasteiger partial charge >= 0.3 is 18.2 Å². The molecule has 10 heteroatoms. The van der Waals surface area contributed by atoms with Crippen LogP contribution in [0.3, 0.4) is 0 Å². The van der Waals surface area contributed by atoms with Crippen molar-refractivity contribution in [3.05, 3.63) is 35.9 Å². The number of benzene rings is 1. The van der Waals surface area contributed by atoms with E-state index in [1.807, 2.05) is 44.2 Å². The SMILES string of the molecule is COC(=O)[C@H](CCCCNC(=O)OCc1ccccc1)NC(=O)[C@H](CC(C)C)NC(=O)OC(C)(C)C. The molecule has 0 bridgehead atoms. The first-order chi connectivity index (χ1) is 16.9. The monoisotopic (exact) mass is 507 g/mol. The lowest BCUT2D eigenvalue weighted by Crippen LogP contribution is -2.53. The van der Waals surface area contributed by atoms with Crippen LogP contribution in [0.25, 0.3) is 0 Å². The first kappa shape index (κ1) is 30.7. The summed E-state index contributed by atoms with van der Waals surface area (Å²) in [7, 11) is 1.25. The van der Waals surface area contributed by atoms with E-state index in [0.717, 1.165) is 5.56 Å². The number of nitrogens with one attached hydrogen (secondary N) is 3. The van der Waals surface area contributed by atoms with E-state index in [2.05, 4.69) is 16.0 Å². The van der Waals surface area contributed by atoms with Crippen LogP contribution in [0.15, 0.2) is 30.3 Å². The number of carbonyl (C=O) groups is 4. The lowest BCUT2D eigenvalue weighted by Gasteiger charge is -2.25. The summed E-state index contributed by atoms with van der Waals surface area (Å²) in [6.45, 7) is 9.57. The minimum absolute atomic E-state index is 0.111. The highest BCUT2D eigenvalue weighted by Gasteiger charge is 2.29. The Balaban J connectivity index is 2.53. The molecule has 2 atom stereocenters. The first-order valence-corrected chi connectivity index (χ1v) is 12.2. The van der Waals surface area contributed by atoms with Crippen molar-refractivity contribution in [3.63, 3.8) is 0 Å². The Morgan fingerprint density at radius 2 is 1.58 bits per heavy atom. The highest BCUT2D eigenvalue weighted by molar-refractivity contribution is 5.89. The second kappa shape index (κ2) is 15.6. The average Bonchev–Trinajstić information content (AvgIpc) is 2.79. The van der Waals surface area contributed by atoms with Crippen LogP contribution >= 0.6 is 0 Å². The third-order valence-corrected chi connectivity index (χ3v) is 4.92. The largest absolute Gasteiger partial charge is 0.467 e. The van der Waals surface area contributed by atoms with Crippen LogP contribution in [-0.2, 0) is 30.4 Å². The van der Waals surface area contributed by atoms with Crippen LogP contribution in [0.1, 0.15) is 65.9 Å². The third kappa shape index (κ3) is 13.6. The molecule has 0 fully saturated rings. The van der Waals surface area contributed by atoms with Crippen LogP contribution in [0, 0.1) is 5.92 Å². The van der Waals surface area contributed by atoms with Gasteiger partial charge in [0.1, 0.15) is 24.3 Å².